The van der Waals surface area contributed by atoms with Gasteiger partial charge < -0.3 is 14.9 Å². The zero-order valence-electron chi connectivity index (χ0n) is 10.8. The van der Waals surface area contributed by atoms with Crippen LogP contribution in [0.2, 0.25) is 0 Å². The van der Waals surface area contributed by atoms with Crippen molar-refractivity contribution in [1.29, 1.82) is 0 Å². The quantitative estimate of drug-likeness (QED) is 0.427. The van der Waals surface area contributed by atoms with Crippen LogP contribution in [0, 0.1) is 0 Å². The van der Waals surface area contributed by atoms with Crippen molar-refractivity contribution in [2.45, 2.75) is 17.0 Å². The summed E-state index contributed by atoms with van der Waals surface area (Å²) in [5.41, 5.74) is 0.751. The van der Waals surface area contributed by atoms with Gasteiger partial charge in [0.1, 0.15) is 5.75 Å². The van der Waals surface area contributed by atoms with E-state index in [1.54, 1.807) is 0 Å². The molecule has 0 radical (unpaired) electrons. The highest BCUT2D eigenvalue weighted by atomic mass is 127. The third kappa shape index (κ3) is 3.23. The summed E-state index contributed by atoms with van der Waals surface area (Å²) in [5, 5.41) is 19.7. The molecule has 2 aromatic rings. The third-order valence-corrected chi connectivity index (χ3v) is 3.60. The summed E-state index contributed by atoms with van der Waals surface area (Å²) in [6.45, 7) is 0. The van der Waals surface area contributed by atoms with E-state index in [4.69, 9.17) is 0 Å². The van der Waals surface area contributed by atoms with Crippen LogP contribution in [0.15, 0.2) is 30.3 Å². The molecule has 9 heteroatoms. The molecule has 0 aliphatic carbocycles. The van der Waals surface area contributed by atoms with Crippen LogP contribution < -0.4 is 4.74 Å². The normalized spacial score (nSPS) is 11.9. The maximum Gasteiger partial charge on any atom is 0.461 e. The SMILES string of the molecule is Oc1cc(CI)c(O)n1-c1ccc(OC(F)(F)C(F)F)cc1. The molecule has 0 aliphatic heterocycles. The Labute approximate surface area is 136 Å². The van der Waals surface area contributed by atoms with Gasteiger partial charge in [-0.15, -0.1) is 0 Å². The van der Waals surface area contributed by atoms with E-state index in [-0.39, 0.29) is 17.4 Å². The lowest BCUT2D eigenvalue weighted by molar-refractivity contribution is -0.253. The van der Waals surface area contributed by atoms with Crippen LogP contribution in [0.4, 0.5) is 17.6 Å². The molecule has 0 saturated carbocycles. The van der Waals surface area contributed by atoms with Crippen molar-refractivity contribution in [3.8, 4) is 23.2 Å². The largest absolute Gasteiger partial charge is 0.494 e. The molecule has 0 spiro atoms. The van der Waals surface area contributed by atoms with Crippen molar-refractivity contribution >= 4 is 22.6 Å². The van der Waals surface area contributed by atoms with Crippen LogP contribution in [0.5, 0.6) is 17.5 Å². The molecule has 2 N–H and O–H groups in total. The number of alkyl halides is 5. The average Bonchev–Trinajstić information content (AvgIpc) is 2.74. The minimum atomic E-state index is -4.59. The summed E-state index contributed by atoms with van der Waals surface area (Å²) in [5.74, 6) is -0.900. The van der Waals surface area contributed by atoms with Crippen molar-refractivity contribution in [1.82, 2.24) is 4.57 Å². The van der Waals surface area contributed by atoms with Gasteiger partial charge in [-0.3, -0.25) is 4.57 Å². The molecule has 0 aliphatic rings. The van der Waals surface area contributed by atoms with E-state index < -0.39 is 18.3 Å². The molecule has 0 saturated heterocycles. The first kappa shape index (κ1) is 16.7. The molecule has 120 valence electrons. The van der Waals surface area contributed by atoms with E-state index in [1.165, 1.54) is 18.2 Å². The second kappa shape index (κ2) is 6.23. The fourth-order valence-corrected chi connectivity index (χ4v) is 2.32. The van der Waals surface area contributed by atoms with Gasteiger partial charge in [-0.2, -0.15) is 17.6 Å². The number of hydrogen-bond acceptors (Lipinski definition) is 3. The van der Waals surface area contributed by atoms with Gasteiger partial charge >= 0.3 is 12.5 Å². The van der Waals surface area contributed by atoms with Crippen LogP contribution in [-0.2, 0) is 4.43 Å². The minimum absolute atomic E-state index is 0.196. The van der Waals surface area contributed by atoms with Gasteiger partial charge in [0.05, 0.1) is 5.69 Å². The van der Waals surface area contributed by atoms with Crippen LogP contribution in [0.1, 0.15) is 5.56 Å². The van der Waals surface area contributed by atoms with E-state index in [2.05, 4.69) is 4.74 Å². The molecule has 0 atom stereocenters. The summed E-state index contributed by atoms with van der Waals surface area (Å²) in [4.78, 5) is 0. The fraction of sp³-hybridized carbons (Fsp3) is 0.231. The second-order valence-corrected chi connectivity index (χ2v) is 5.04. The number of aromatic hydroxyl groups is 2. The lowest BCUT2D eigenvalue weighted by Crippen LogP contribution is -2.33. The smallest absolute Gasteiger partial charge is 0.461 e. The Morgan fingerprint density at radius 1 is 1.18 bits per heavy atom. The maximum absolute atomic E-state index is 12.8. The summed E-state index contributed by atoms with van der Waals surface area (Å²) in [6, 6.07) is 5.92. The molecule has 0 bridgehead atoms. The summed E-state index contributed by atoms with van der Waals surface area (Å²) in [7, 11) is 0. The Bertz CT molecular complexity index is 658. The Balaban J connectivity index is 2.28. The van der Waals surface area contributed by atoms with Crippen LogP contribution in [-0.4, -0.2) is 27.3 Å². The van der Waals surface area contributed by atoms with Crippen LogP contribution >= 0.6 is 22.6 Å². The second-order valence-electron chi connectivity index (χ2n) is 4.28. The molecule has 2 rings (SSSR count). The molecule has 0 unspecified atom stereocenters. The standard InChI is InChI=1S/C13H10F4INO3/c14-12(15)13(16,17)22-9-3-1-8(2-4-9)19-10(20)5-7(6-18)11(19)21/h1-5,12,20-21H,6H2. The summed E-state index contributed by atoms with van der Waals surface area (Å²) >= 11 is 2.00. The van der Waals surface area contributed by atoms with E-state index in [0.717, 1.165) is 16.7 Å². The van der Waals surface area contributed by atoms with Crippen molar-refractivity contribution in [3.05, 3.63) is 35.9 Å². The predicted octanol–water partition coefficient (Wildman–Crippen LogP) is 4.06. The van der Waals surface area contributed by atoms with Crippen molar-refractivity contribution in [2.75, 3.05) is 0 Å². The van der Waals surface area contributed by atoms with Gasteiger partial charge in [-0.1, -0.05) is 22.6 Å². The minimum Gasteiger partial charge on any atom is -0.494 e. The van der Waals surface area contributed by atoms with Gasteiger partial charge in [0, 0.05) is 16.1 Å². The Kier molecular flexibility index (Phi) is 4.73. The maximum atomic E-state index is 12.8. The van der Waals surface area contributed by atoms with E-state index >= 15 is 0 Å². The van der Waals surface area contributed by atoms with Gasteiger partial charge in [0.2, 0.25) is 5.88 Å². The van der Waals surface area contributed by atoms with E-state index in [0.29, 0.717) is 9.99 Å². The average molecular weight is 431 g/mol. The zero-order chi connectivity index (χ0) is 16.5. The first-order valence-corrected chi connectivity index (χ1v) is 7.42. The van der Waals surface area contributed by atoms with Gasteiger partial charge in [0.25, 0.3) is 0 Å². The number of benzene rings is 1. The van der Waals surface area contributed by atoms with Crippen molar-refractivity contribution in [3.63, 3.8) is 0 Å². The summed E-state index contributed by atoms with van der Waals surface area (Å²) in [6.07, 6.45) is -8.54. The number of ether oxygens (including phenoxy) is 1. The number of rotatable bonds is 5. The lowest BCUT2D eigenvalue weighted by atomic mass is 10.3. The van der Waals surface area contributed by atoms with Crippen LogP contribution in [0.3, 0.4) is 0 Å². The Morgan fingerprint density at radius 2 is 1.77 bits per heavy atom. The molecular weight excluding hydrogens is 421 g/mol. The molecule has 22 heavy (non-hydrogen) atoms. The van der Waals surface area contributed by atoms with Crippen molar-refractivity contribution in [2.24, 2.45) is 0 Å². The first-order chi connectivity index (χ1) is 10.3. The van der Waals surface area contributed by atoms with E-state index in [9.17, 15) is 27.8 Å². The number of halogens is 5. The summed E-state index contributed by atoms with van der Waals surface area (Å²) < 4.78 is 55.1. The predicted molar refractivity (Wildman–Crippen MR) is 78.4 cm³/mol. The molecule has 1 aromatic heterocycles. The van der Waals surface area contributed by atoms with Crippen molar-refractivity contribution < 1.29 is 32.5 Å². The molecule has 4 nitrogen and oxygen atoms in total. The van der Waals surface area contributed by atoms with Gasteiger partial charge in [-0.25, -0.2) is 0 Å². The highest BCUT2D eigenvalue weighted by Gasteiger charge is 2.43. The molecule has 1 heterocycles. The fourth-order valence-electron chi connectivity index (χ4n) is 1.75. The zero-order valence-corrected chi connectivity index (χ0v) is 13.0. The first-order valence-electron chi connectivity index (χ1n) is 5.90. The van der Waals surface area contributed by atoms with E-state index in [1.807, 2.05) is 22.6 Å². The van der Waals surface area contributed by atoms with Gasteiger partial charge in [0.15, 0.2) is 5.88 Å². The topological polar surface area (TPSA) is 54.6 Å². The molecular formula is C13H10F4INO3. The van der Waals surface area contributed by atoms with Gasteiger partial charge in [-0.05, 0) is 24.3 Å². The van der Waals surface area contributed by atoms with Crippen LogP contribution in [0.25, 0.3) is 5.69 Å². The Morgan fingerprint density at radius 3 is 2.23 bits per heavy atom. The molecule has 1 aromatic carbocycles. The number of aromatic nitrogens is 1. The Hall–Kier alpha value is -1.65. The monoisotopic (exact) mass is 431 g/mol. The highest BCUT2D eigenvalue weighted by molar-refractivity contribution is 14.1. The third-order valence-electron chi connectivity index (χ3n) is 2.78. The molecule has 0 fully saturated rings. The number of nitrogens with zero attached hydrogens (tertiary/aromatic N) is 1. The molecule has 0 amide bonds. The highest BCUT2D eigenvalue weighted by Crippen LogP contribution is 2.34. The lowest BCUT2D eigenvalue weighted by Gasteiger charge is -2.17. The number of hydrogen-bond donors (Lipinski definition) is 2.